The van der Waals surface area contributed by atoms with Crippen LogP contribution in [0.4, 0.5) is 0 Å². The number of hydrogen-bond acceptors (Lipinski definition) is 1. The van der Waals surface area contributed by atoms with Crippen molar-refractivity contribution < 1.29 is 0 Å². The van der Waals surface area contributed by atoms with E-state index in [1.165, 1.54) is 12.8 Å². The van der Waals surface area contributed by atoms with Gasteiger partial charge in [-0.15, -0.1) is 0 Å². The van der Waals surface area contributed by atoms with Gasteiger partial charge in [0.1, 0.15) is 0 Å². The zero-order valence-corrected chi connectivity index (χ0v) is 8.95. The minimum Gasteiger partial charge on any atom is -0.366 e. The number of likely N-dealkylation sites (tertiary alicyclic amines) is 1. The number of hydrogen-bond donors (Lipinski definition) is 1. The van der Waals surface area contributed by atoms with Gasteiger partial charge >= 0.3 is 0 Å². The van der Waals surface area contributed by atoms with Crippen molar-refractivity contribution in [3.63, 3.8) is 0 Å². The van der Waals surface area contributed by atoms with E-state index in [1.54, 1.807) is 0 Å². The average Bonchev–Trinajstić information content (AvgIpc) is 2.08. The predicted molar refractivity (Wildman–Crippen MR) is 56.2 cm³/mol. The lowest BCUT2D eigenvalue weighted by molar-refractivity contribution is 0.206. The van der Waals surface area contributed by atoms with E-state index in [9.17, 15) is 0 Å². The second-order valence-corrected chi connectivity index (χ2v) is 4.13. The van der Waals surface area contributed by atoms with Crippen molar-refractivity contribution in [3.05, 3.63) is 0 Å². The van der Waals surface area contributed by atoms with E-state index >= 15 is 0 Å². The molecule has 70 valence electrons. The quantitative estimate of drug-likeness (QED) is 0.579. The molecule has 1 rings (SSSR count). The fraction of sp³-hybridized carbons (Fsp3) is 0.889. The Hall–Kier alpha value is -0.310. The van der Waals surface area contributed by atoms with Crippen molar-refractivity contribution in [1.29, 1.82) is 0 Å². The van der Waals surface area contributed by atoms with E-state index < -0.39 is 0 Å². The summed E-state index contributed by atoms with van der Waals surface area (Å²) in [6, 6.07) is 0.612. The van der Waals surface area contributed by atoms with Crippen LogP contribution in [0.2, 0.25) is 0 Å². The van der Waals surface area contributed by atoms with Crippen LogP contribution in [0.15, 0.2) is 0 Å². The summed E-state index contributed by atoms with van der Waals surface area (Å²) in [6.45, 7) is 5.65. The van der Waals surface area contributed by atoms with Crippen molar-refractivity contribution in [2.75, 3.05) is 13.6 Å². The second kappa shape index (κ2) is 4.08. The summed E-state index contributed by atoms with van der Waals surface area (Å²) >= 11 is 5.22. The van der Waals surface area contributed by atoms with Gasteiger partial charge in [0.15, 0.2) is 5.11 Å². The first kappa shape index (κ1) is 9.78. The highest BCUT2D eigenvalue weighted by Crippen LogP contribution is 2.20. The van der Waals surface area contributed by atoms with Crippen LogP contribution >= 0.6 is 12.2 Å². The third-order valence-corrected chi connectivity index (χ3v) is 3.03. The van der Waals surface area contributed by atoms with E-state index in [2.05, 4.69) is 24.1 Å². The Morgan fingerprint density at radius 3 is 2.67 bits per heavy atom. The lowest BCUT2D eigenvalue weighted by atomic mass is 9.95. The first-order chi connectivity index (χ1) is 5.65. The molecule has 1 fully saturated rings. The smallest absolute Gasteiger partial charge is 0.168 e. The van der Waals surface area contributed by atoms with Gasteiger partial charge in [0.05, 0.1) is 0 Å². The summed E-state index contributed by atoms with van der Waals surface area (Å²) in [4.78, 5) is 2.30. The fourth-order valence-electron chi connectivity index (χ4n) is 1.72. The highest BCUT2D eigenvalue weighted by molar-refractivity contribution is 7.80. The van der Waals surface area contributed by atoms with Gasteiger partial charge in [-0.3, -0.25) is 0 Å². The normalized spacial score (nSPS) is 30.1. The summed E-state index contributed by atoms with van der Waals surface area (Å²) in [6.07, 6.45) is 2.60. The highest BCUT2D eigenvalue weighted by Gasteiger charge is 2.23. The van der Waals surface area contributed by atoms with Crippen molar-refractivity contribution in [2.24, 2.45) is 5.92 Å². The van der Waals surface area contributed by atoms with Gasteiger partial charge in [-0.2, -0.15) is 0 Å². The molecule has 0 radical (unpaired) electrons. The minimum atomic E-state index is 0.612. The number of rotatable bonds is 0. The maximum Gasteiger partial charge on any atom is 0.168 e. The molecular weight excluding hydrogens is 168 g/mol. The molecule has 1 N–H and O–H groups in total. The van der Waals surface area contributed by atoms with Crippen LogP contribution in [0.3, 0.4) is 0 Å². The molecule has 1 aliphatic rings. The standard InChI is InChI=1S/C9H18N2S/c1-7-4-5-8(2)11(6-7)9(12)10-3/h7-8H,4-6H2,1-3H3,(H,10,12). The zero-order valence-electron chi connectivity index (χ0n) is 8.13. The van der Waals surface area contributed by atoms with E-state index in [1.807, 2.05) is 7.05 Å². The largest absolute Gasteiger partial charge is 0.366 e. The zero-order chi connectivity index (χ0) is 9.14. The summed E-state index contributed by atoms with van der Waals surface area (Å²) < 4.78 is 0. The van der Waals surface area contributed by atoms with Gasteiger partial charge in [0, 0.05) is 19.6 Å². The lowest BCUT2D eigenvalue weighted by Gasteiger charge is -2.38. The summed E-state index contributed by atoms with van der Waals surface area (Å²) in [7, 11) is 1.90. The first-order valence-corrected chi connectivity index (χ1v) is 5.04. The molecule has 1 aliphatic heterocycles. The molecular formula is C9H18N2S. The Morgan fingerprint density at radius 1 is 1.42 bits per heavy atom. The van der Waals surface area contributed by atoms with Crippen LogP contribution in [0, 0.1) is 5.92 Å². The SMILES string of the molecule is CNC(=S)N1CC(C)CCC1C. The molecule has 1 heterocycles. The van der Waals surface area contributed by atoms with Gasteiger partial charge in [-0.25, -0.2) is 0 Å². The van der Waals surface area contributed by atoms with Crippen molar-refractivity contribution in [2.45, 2.75) is 32.7 Å². The van der Waals surface area contributed by atoms with Gasteiger partial charge in [-0.05, 0) is 37.9 Å². The number of nitrogens with one attached hydrogen (secondary N) is 1. The van der Waals surface area contributed by atoms with Crippen LogP contribution in [0.25, 0.3) is 0 Å². The summed E-state index contributed by atoms with van der Waals surface area (Å²) in [5, 5.41) is 3.94. The van der Waals surface area contributed by atoms with Gasteiger partial charge in [-0.1, -0.05) is 6.92 Å². The van der Waals surface area contributed by atoms with Crippen LogP contribution in [0.5, 0.6) is 0 Å². The van der Waals surface area contributed by atoms with Gasteiger partial charge in [0.2, 0.25) is 0 Å². The third-order valence-electron chi connectivity index (χ3n) is 2.59. The topological polar surface area (TPSA) is 15.3 Å². The number of thiocarbonyl (C=S) groups is 1. The maximum absolute atomic E-state index is 5.22. The van der Waals surface area contributed by atoms with E-state index in [0.29, 0.717) is 6.04 Å². The first-order valence-electron chi connectivity index (χ1n) is 4.63. The van der Waals surface area contributed by atoms with Crippen molar-refractivity contribution in [1.82, 2.24) is 10.2 Å². The predicted octanol–water partition coefficient (Wildman–Crippen LogP) is 1.61. The molecule has 0 aromatic rings. The molecule has 0 spiro atoms. The lowest BCUT2D eigenvalue weighted by Crippen LogP contribution is -2.48. The minimum absolute atomic E-state index is 0.612. The van der Waals surface area contributed by atoms with E-state index in [4.69, 9.17) is 12.2 Å². The van der Waals surface area contributed by atoms with E-state index in [-0.39, 0.29) is 0 Å². The second-order valence-electron chi connectivity index (χ2n) is 3.74. The molecule has 0 amide bonds. The summed E-state index contributed by atoms with van der Waals surface area (Å²) in [5.41, 5.74) is 0. The van der Waals surface area contributed by atoms with Gasteiger partial charge in [0.25, 0.3) is 0 Å². The Balaban J connectivity index is 2.54. The molecule has 0 bridgehead atoms. The van der Waals surface area contributed by atoms with Crippen LogP contribution < -0.4 is 5.32 Å². The van der Waals surface area contributed by atoms with Crippen LogP contribution in [-0.2, 0) is 0 Å². The molecule has 12 heavy (non-hydrogen) atoms. The monoisotopic (exact) mass is 186 g/mol. The molecule has 0 aromatic heterocycles. The molecule has 0 aromatic carbocycles. The van der Waals surface area contributed by atoms with Crippen LogP contribution in [0.1, 0.15) is 26.7 Å². The molecule has 3 heteroatoms. The van der Waals surface area contributed by atoms with Crippen molar-refractivity contribution >= 4 is 17.3 Å². The summed E-state index contributed by atoms with van der Waals surface area (Å²) in [5.74, 6) is 0.785. The van der Waals surface area contributed by atoms with E-state index in [0.717, 1.165) is 17.6 Å². The highest BCUT2D eigenvalue weighted by atomic mass is 32.1. The Bertz CT molecular complexity index is 170. The molecule has 0 saturated carbocycles. The fourth-order valence-corrected chi connectivity index (χ4v) is 1.97. The van der Waals surface area contributed by atoms with Crippen LogP contribution in [-0.4, -0.2) is 29.6 Å². The number of piperidine rings is 1. The Kier molecular flexibility index (Phi) is 3.32. The average molecular weight is 186 g/mol. The molecule has 1 saturated heterocycles. The third kappa shape index (κ3) is 2.09. The van der Waals surface area contributed by atoms with Crippen molar-refractivity contribution in [3.8, 4) is 0 Å². The maximum atomic E-state index is 5.22. The molecule has 0 aliphatic carbocycles. The molecule has 2 nitrogen and oxygen atoms in total. The van der Waals surface area contributed by atoms with Gasteiger partial charge < -0.3 is 10.2 Å². The Labute approximate surface area is 80.3 Å². The molecule has 2 atom stereocenters. The Morgan fingerprint density at radius 2 is 2.08 bits per heavy atom. The molecule has 2 unspecified atom stereocenters. The number of nitrogens with zero attached hydrogens (tertiary/aromatic N) is 1.